The summed E-state index contributed by atoms with van der Waals surface area (Å²) in [6.07, 6.45) is 6.01. The van der Waals surface area contributed by atoms with Gasteiger partial charge in [-0.25, -0.2) is 27.9 Å². The predicted octanol–water partition coefficient (Wildman–Crippen LogP) is 3.74. The first-order valence-corrected chi connectivity index (χ1v) is 12.4. The van der Waals surface area contributed by atoms with Gasteiger partial charge in [0.1, 0.15) is 5.82 Å². The second-order valence-corrected chi connectivity index (χ2v) is 10.4. The summed E-state index contributed by atoms with van der Waals surface area (Å²) < 4.78 is 28.9. The first kappa shape index (κ1) is 21.5. The average molecular weight is 481 g/mol. The Morgan fingerprint density at radius 2 is 1.88 bits per heavy atom. The molecule has 10 heteroatoms. The van der Waals surface area contributed by atoms with Crippen LogP contribution in [0.5, 0.6) is 0 Å². The predicted molar refractivity (Wildman–Crippen MR) is 127 cm³/mol. The first-order valence-electron chi connectivity index (χ1n) is 10.4. The van der Waals surface area contributed by atoms with Crippen molar-refractivity contribution < 1.29 is 8.42 Å². The molecule has 0 saturated heterocycles. The summed E-state index contributed by atoms with van der Waals surface area (Å²) >= 11 is 6.18. The molecule has 5 rings (SSSR count). The van der Waals surface area contributed by atoms with Gasteiger partial charge in [-0.2, -0.15) is 5.10 Å². The molecule has 1 N–H and O–H groups in total. The molecule has 33 heavy (non-hydrogen) atoms. The third-order valence-electron chi connectivity index (χ3n) is 5.76. The molecule has 0 saturated carbocycles. The van der Waals surface area contributed by atoms with E-state index < -0.39 is 15.1 Å². The third-order valence-corrected chi connectivity index (χ3v) is 8.03. The molecule has 0 amide bonds. The summed E-state index contributed by atoms with van der Waals surface area (Å²) in [5.41, 5.74) is 4.30. The van der Waals surface area contributed by atoms with Crippen LogP contribution in [-0.2, 0) is 16.3 Å². The molecule has 4 aromatic rings. The summed E-state index contributed by atoms with van der Waals surface area (Å²) in [5.74, 6) is 0.528. The molecular formula is C23H21ClN6O2S. The van der Waals surface area contributed by atoms with Crippen LogP contribution in [0.25, 0.3) is 11.2 Å². The molecule has 1 aliphatic carbocycles. The quantitative estimate of drug-likeness (QED) is 0.444. The Morgan fingerprint density at radius 3 is 2.64 bits per heavy atom. The molecule has 3 heterocycles. The Labute approximate surface area is 196 Å². The van der Waals surface area contributed by atoms with Crippen molar-refractivity contribution in [1.29, 1.82) is 0 Å². The molecule has 3 aromatic heterocycles. The minimum atomic E-state index is -3.65. The van der Waals surface area contributed by atoms with E-state index in [4.69, 9.17) is 16.6 Å². The number of hydrogen-bond donors (Lipinski definition) is 1. The lowest BCUT2D eigenvalue weighted by Gasteiger charge is -2.15. The molecule has 1 aromatic carbocycles. The maximum Gasteiger partial charge on any atom is 0.224 e. The van der Waals surface area contributed by atoms with Gasteiger partial charge in [0.2, 0.25) is 5.28 Å². The normalized spacial score (nSPS) is 16.2. The third kappa shape index (κ3) is 3.87. The van der Waals surface area contributed by atoms with Crippen molar-refractivity contribution in [2.75, 3.05) is 12.4 Å². The molecule has 0 aliphatic heterocycles. The molecule has 1 atom stereocenters. The van der Waals surface area contributed by atoms with E-state index in [-0.39, 0.29) is 10.2 Å². The molecule has 1 aliphatic rings. The van der Waals surface area contributed by atoms with Crippen molar-refractivity contribution in [2.45, 2.75) is 29.9 Å². The van der Waals surface area contributed by atoms with Crippen LogP contribution >= 0.6 is 11.6 Å². The number of aromatic nitrogens is 5. The first-order chi connectivity index (χ1) is 15.9. The van der Waals surface area contributed by atoms with E-state index in [1.54, 1.807) is 48.2 Å². The van der Waals surface area contributed by atoms with E-state index in [9.17, 15) is 8.42 Å². The number of aryl methyl sites for hydroxylation is 2. The Balaban J connectivity index is 1.73. The molecule has 0 fully saturated rings. The number of sulfone groups is 1. The zero-order valence-corrected chi connectivity index (χ0v) is 19.6. The van der Waals surface area contributed by atoms with E-state index in [0.717, 1.165) is 5.56 Å². The fourth-order valence-corrected chi connectivity index (χ4v) is 5.87. The molecule has 0 radical (unpaired) electrons. The number of nitrogens with one attached hydrogen (secondary N) is 1. The van der Waals surface area contributed by atoms with Crippen LogP contribution in [-0.4, -0.2) is 45.3 Å². The summed E-state index contributed by atoms with van der Waals surface area (Å²) in [5, 5.41) is 6.61. The number of anilines is 1. The van der Waals surface area contributed by atoms with Gasteiger partial charge in [0.25, 0.3) is 0 Å². The highest BCUT2D eigenvalue weighted by atomic mass is 35.5. The van der Waals surface area contributed by atoms with Crippen LogP contribution in [0.1, 0.15) is 28.9 Å². The second-order valence-electron chi connectivity index (χ2n) is 7.88. The largest absolute Gasteiger partial charge is 0.372 e. The summed E-state index contributed by atoms with van der Waals surface area (Å²) in [6.45, 7) is 1.93. The lowest BCUT2D eigenvalue weighted by atomic mass is 10.0. The minimum Gasteiger partial charge on any atom is -0.372 e. The molecule has 0 spiro atoms. The van der Waals surface area contributed by atoms with Crippen LogP contribution in [0.2, 0.25) is 5.28 Å². The van der Waals surface area contributed by atoms with Crippen LogP contribution in [0.4, 0.5) is 5.82 Å². The maximum atomic E-state index is 13.6. The topological polar surface area (TPSA) is 102 Å². The number of fused-ring (bicyclic) bond motifs is 2. The van der Waals surface area contributed by atoms with Gasteiger partial charge in [0.05, 0.1) is 27.7 Å². The van der Waals surface area contributed by atoms with E-state index in [1.165, 1.54) is 0 Å². The summed E-state index contributed by atoms with van der Waals surface area (Å²) in [4.78, 5) is 13.8. The lowest BCUT2D eigenvalue weighted by molar-refractivity contribution is 0.583. The van der Waals surface area contributed by atoms with Gasteiger partial charge < -0.3 is 5.32 Å². The zero-order valence-electron chi connectivity index (χ0n) is 18.0. The average Bonchev–Trinajstić information content (AvgIpc) is 3.18. The number of nitrogens with zero attached hydrogens (tertiary/aromatic N) is 5. The van der Waals surface area contributed by atoms with Crippen LogP contribution in [0, 0.1) is 6.92 Å². The van der Waals surface area contributed by atoms with E-state index in [0.29, 0.717) is 46.8 Å². The van der Waals surface area contributed by atoms with Crippen molar-refractivity contribution in [3.8, 4) is 0 Å². The highest BCUT2D eigenvalue weighted by Crippen LogP contribution is 2.37. The van der Waals surface area contributed by atoms with Gasteiger partial charge in [0.15, 0.2) is 15.5 Å². The highest BCUT2D eigenvalue weighted by molar-refractivity contribution is 7.92. The maximum absolute atomic E-state index is 13.6. The highest BCUT2D eigenvalue weighted by Gasteiger charge is 2.32. The van der Waals surface area contributed by atoms with Crippen LogP contribution in [0.15, 0.2) is 59.8 Å². The number of hydrogen-bond acceptors (Lipinski definition) is 7. The Hall–Kier alpha value is -3.30. The molecular weight excluding hydrogens is 460 g/mol. The lowest BCUT2D eigenvalue weighted by Crippen LogP contribution is -2.20. The smallest absolute Gasteiger partial charge is 0.224 e. The number of halogens is 1. The monoisotopic (exact) mass is 480 g/mol. The van der Waals surface area contributed by atoms with Crippen molar-refractivity contribution in [1.82, 2.24) is 24.6 Å². The standard InChI is InChI=1S/C23H21ClN6O2S/c1-14-3-5-15(6-4-14)33(31,32)16-7-8-19-21(22(25-2)29-23(24)28-19)17(13-16)18-10-12-30-20(27-18)9-11-26-30/h3-6,9-13,16H,7-8H2,1-2H3,(H,25,28,29). The molecule has 0 bridgehead atoms. The van der Waals surface area contributed by atoms with Crippen molar-refractivity contribution >= 4 is 38.5 Å². The summed E-state index contributed by atoms with van der Waals surface area (Å²) in [6, 6.07) is 10.5. The van der Waals surface area contributed by atoms with E-state index in [2.05, 4.69) is 20.4 Å². The molecule has 168 valence electrons. The number of benzene rings is 1. The minimum absolute atomic E-state index is 0.108. The van der Waals surface area contributed by atoms with Gasteiger partial charge in [-0.15, -0.1) is 0 Å². The van der Waals surface area contributed by atoms with Crippen LogP contribution < -0.4 is 5.32 Å². The Morgan fingerprint density at radius 1 is 1.09 bits per heavy atom. The van der Waals surface area contributed by atoms with Gasteiger partial charge in [-0.3, -0.25) is 0 Å². The SMILES string of the molecule is CNc1nc(Cl)nc2c1C(c1ccn3nccc3n1)=CC(S(=O)(=O)c1ccc(C)cc1)CC2. The van der Waals surface area contributed by atoms with Gasteiger partial charge in [-0.05, 0) is 49.6 Å². The number of rotatable bonds is 4. The second kappa shape index (κ2) is 8.24. The van der Waals surface area contributed by atoms with E-state index >= 15 is 0 Å². The van der Waals surface area contributed by atoms with E-state index in [1.807, 2.05) is 25.1 Å². The van der Waals surface area contributed by atoms with Gasteiger partial charge in [0, 0.05) is 30.4 Å². The van der Waals surface area contributed by atoms with Crippen molar-refractivity contribution in [2.24, 2.45) is 0 Å². The van der Waals surface area contributed by atoms with Gasteiger partial charge in [-0.1, -0.05) is 23.8 Å². The van der Waals surface area contributed by atoms with Crippen molar-refractivity contribution in [3.05, 3.63) is 82.7 Å². The Bertz CT molecular complexity index is 1500. The molecule has 1 unspecified atom stereocenters. The molecule has 8 nitrogen and oxygen atoms in total. The van der Waals surface area contributed by atoms with Crippen molar-refractivity contribution in [3.63, 3.8) is 0 Å². The zero-order chi connectivity index (χ0) is 23.2. The van der Waals surface area contributed by atoms with Gasteiger partial charge >= 0.3 is 0 Å². The fourth-order valence-electron chi connectivity index (χ4n) is 4.08. The van der Waals surface area contributed by atoms with Crippen LogP contribution in [0.3, 0.4) is 0 Å². The Kier molecular flexibility index (Phi) is 5.38. The summed E-state index contributed by atoms with van der Waals surface area (Å²) in [7, 11) is -1.90. The fraction of sp³-hybridized carbons (Fsp3) is 0.217.